The van der Waals surface area contributed by atoms with Crippen LogP contribution < -0.4 is 5.32 Å². The smallest absolute Gasteiger partial charge is 0.223 e. The van der Waals surface area contributed by atoms with Crippen LogP contribution in [-0.4, -0.2) is 15.9 Å². The van der Waals surface area contributed by atoms with E-state index in [1.165, 1.54) is 32.1 Å². The van der Waals surface area contributed by atoms with Gasteiger partial charge in [0.15, 0.2) is 0 Å². The Hall–Kier alpha value is -1.32. The van der Waals surface area contributed by atoms with Crippen LogP contribution in [0.4, 0.5) is 0 Å². The highest BCUT2D eigenvalue weighted by atomic mass is 16.1. The number of fused-ring (bicyclic) bond motifs is 1. The van der Waals surface area contributed by atoms with Crippen LogP contribution >= 0.6 is 0 Å². The van der Waals surface area contributed by atoms with Gasteiger partial charge in [-0.05, 0) is 37.5 Å². The van der Waals surface area contributed by atoms with Gasteiger partial charge in [0.2, 0.25) is 5.91 Å². The second kappa shape index (κ2) is 6.63. The Bertz CT molecular complexity index is 457. The van der Waals surface area contributed by atoms with Crippen LogP contribution in [0.5, 0.6) is 0 Å². The Morgan fingerprint density at radius 1 is 1.33 bits per heavy atom. The highest BCUT2D eigenvalue weighted by Gasteiger charge is 2.35. The Morgan fingerprint density at radius 2 is 2.14 bits per heavy atom. The van der Waals surface area contributed by atoms with E-state index in [1.807, 2.05) is 6.20 Å². The summed E-state index contributed by atoms with van der Waals surface area (Å²) in [6.07, 6.45) is 13.3. The molecule has 0 radical (unpaired) electrons. The molecule has 4 heteroatoms. The number of H-pyrrole nitrogens is 1. The standard InChI is InChI=1S/C17H27N3O/c1-2-15(16-18-9-10-19-16)20-17(21)14-8-7-12-5-3-4-6-13(12)11-14/h9-10,12-15H,2-8,11H2,1H3,(H,18,19)(H,20,21). The molecule has 1 aromatic heterocycles. The van der Waals surface area contributed by atoms with E-state index < -0.39 is 0 Å². The molecule has 0 aromatic carbocycles. The topological polar surface area (TPSA) is 57.8 Å². The highest BCUT2D eigenvalue weighted by molar-refractivity contribution is 5.79. The molecule has 4 nitrogen and oxygen atoms in total. The average Bonchev–Trinajstić information content (AvgIpc) is 3.06. The van der Waals surface area contributed by atoms with Crippen LogP contribution in [0.3, 0.4) is 0 Å². The molecular formula is C17H27N3O. The molecule has 0 saturated heterocycles. The summed E-state index contributed by atoms with van der Waals surface area (Å²) < 4.78 is 0. The predicted molar refractivity (Wildman–Crippen MR) is 82.6 cm³/mol. The van der Waals surface area contributed by atoms with Crippen LogP contribution in [0.25, 0.3) is 0 Å². The molecule has 2 fully saturated rings. The minimum absolute atomic E-state index is 0.0246. The number of aromatic nitrogens is 2. The fourth-order valence-corrected chi connectivity index (χ4v) is 4.23. The van der Waals surface area contributed by atoms with Crippen molar-refractivity contribution >= 4 is 5.91 Å². The van der Waals surface area contributed by atoms with Gasteiger partial charge in [-0.25, -0.2) is 4.98 Å². The van der Waals surface area contributed by atoms with E-state index in [1.54, 1.807) is 6.20 Å². The van der Waals surface area contributed by atoms with Crippen molar-refractivity contribution < 1.29 is 4.79 Å². The third-order valence-corrected chi connectivity index (χ3v) is 5.48. The number of rotatable bonds is 4. The lowest BCUT2D eigenvalue weighted by molar-refractivity contribution is -0.128. The number of hydrogen-bond acceptors (Lipinski definition) is 2. The van der Waals surface area contributed by atoms with Crippen molar-refractivity contribution in [1.82, 2.24) is 15.3 Å². The second-order valence-corrected chi connectivity index (χ2v) is 6.76. The highest BCUT2D eigenvalue weighted by Crippen LogP contribution is 2.42. The third kappa shape index (κ3) is 3.30. The molecule has 1 amide bonds. The molecular weight excluding hydrogens is 262 g/mol. The fraction of sp³-hybridized carbons (Fsp3) is 0.765. The Kier molecular flexibility index (Phi) is 4.61. The minimum Gasteiger partial charge on any atom is -0.347 e. The SMILES string of the molecule is CCC(NC(=O)C1CCC2CCCCC2C1)c1ncc[nH]1. The van der Waals surface area contributed by atoms with Crippen molar-refractivity contribution in [3.63, 3.8) is 0 Å². The predicted octanol–water partition coefficient (Wildman–Crippen LogP) is 3.58. The average molecular weight is 289 g/mol. The van der Waals surface area contributed by atoms with Crippen LogP contribution in [0.15, 0.2) is 12.4 Å². The molecule has 1 aromatic rings. The summed E-state index contributed by atoms with van der Waals surface area (Å²) in [6.45, 7) is 2.09. The molecule has 4 atom stereocenters. The van der Waals surface area contributed by atoms with E-state index in [2.05, 4.69) is 22.2 Å². The number of carbonyl (C=O) groups excluding carboxylic acids is 1. The van der Waals surface area contributed by atoms with E-state index in [0.29, 0.717) is 0 Å². The number of nitrogens with one attached hydrogen (secondary N) is 2. The maximum atomic E-state index is 12.6. The molecule has 2 aliphatic rings. The summed E-state index contributed by atoms with van der Waals surface area (Å²) in [7, 11) is 0. The van der Waals surface area contributed by atoms with Crippen molar-refractivity contribution in [3.05, 3.63) is 18.2 Å². The van der Waals surface area contributed by atoms with Gasteiger partial charge >= 0.3 is 0 Å². The first-order chi connectivity index (χ1) is 10.3. The Labute approximate surface area is 127 Å². The minimum atomic E-state index is 0.0246. The van der Waals surface area contributed by atoms with Crippen molar-refractivity contribution in [2.45, 2.75) is 64.3 Å². The van der Waals surface area contributed by atoms with Crippen molar-refractivity contribution in [1.29, 1.82) is 0 Å². The molecule has 0 spiro atoms. The van der Waals surface area contributed by atoms with Crippen molar-refractivity contribution in [2.24, 2.45) is 17.8 Å². The van der Waals surface area contributed by atoms with Gasteiger partial charge in [0, 0.05) is 18.3 Å². The van der Waals surface area contributed by atoms with Gasteiger partial charge in [-0.1, -0.05) is 32.6 Å². The summed E-state index contributed by atoms with van der Waals surface area (Å²) in [4.78, 5) is 20.0. The molecule has 2 N–H and O–H groups in total. The number of imidazole rings is 1. The number of carbonyl (C=O) groups is 1. The largest absolute Gasteiger partial charge is 0.347 e. The van der Waals surface area contributed by atoms with Crippen molar-refractivity contribution in [3.8, 4) is 0 Å². The number of aromatic amines is 1. The summed E-state index contributed by atoms with van der Waals surface area (Å²) in [5, 5.41) is 3.20. The zero-order valence-corrected chi connectivity index (χ0v) is 13.0. The quantitative estimate of drug-likeness (QED) is 0.890. The van der Waals surface area contributed by atoms with E-state index in [-0.39, 0.29) is 17.9 Å². The molecule has 0 bridgehead atoms. The number of amides is 1. The Balaban J connectivity index is 1.57. The van der Waals surface area contributed by atoms with Gasteiger partial charge in [0.25, 0.3) is 0 Å². The fourth-order valence-electron chi connectivity index (χ4n) is 4.23. The lowest BCUT2D eigenvalue weighted by Crippen LogP contribution is -2.39. The van der Waals surface area contributed by atoms with Crippen LogP contribution in [0.1, 0.15) is 70.2 Å². The molecule has 2 aliphatic carbocycles. The zero-order chi connectivity index (χ0) is 14.7. The van der Waals surface area contributed by atoms with Crippen molar-refractivity contribution in [2.75, 3.05) is 0 Å². The van der Waals surface area contributed by atoms with Crippen LogP contribution in [-0.2, 0) is 4.79 Å². The molecule has 1 heterocycles. The van der Waals surface area contributed by atoms with E-state index in [4.69, 9.17) is 0 Å². The maximum absolute atomic E-state index is 12.6. The summed E-state index contributed by atoms with van der Waals surface area (Å²) >= 11 is 0. The second-order valence-electron chi connectivity index (χ2n) is 6.76. The van der Waals surface area contributed by atoms with Gasteiger partial charge in [-0.3, -0.25) is 4.79 Å². The molecule has 4 unspecified atom stereocenters. The van der Waals surface area contributed by atoms with Gasteiger partial charge in [0.05, 0.1) is 6.04 Å². The van der Waals surface area contributed by atoms with E-state index >= 15 is 0 Å². The summed E-state index contributed by atoms with van der Waals surface area (Å²) in [6, 6.07) is 0.0246. The first kappa shape index (κ1) is 14.6. The van der Waals surface area contributed by atoms with Crippen LogP contribution in [0.2, 0.25) is 0 Å². The lowest BCUT2D eigenvalue weighted by atomic mass is 9.67. The first-order valence-corrected chi connectivity index (χ1v) is 8.57. The first-order valence-electron chi connectivity index (χ1n) is 8.57. The molecule has 21 heavy (non-hydrogen) atoms. The number of nitrogens with zero attached hydrogens (tertiary/aromatic N) is 1. The van der Waals surface area contributed by atoms with Gasteiger partial charge in [-0.2, -0.15) is 0 Å². The third-order valence-electron chi connectivity index (χ3n) is 5.48. The Morgan fingerprint density at radius 3 is 2.86 bits per heavy atom. The maximum Gasteiger partial charge on any atom is 0.223 e. The molecule has 0 aliphatic heterocycles. The monoisotopic (exact) mass is 289 g/mol. The van der Waals surface area contributed by atoms with Crippen LogP contribution in [0, 0.1) is 17.8 Å². The molecule has 3 rings (SSSR count). The van der Waals surface area contributed by atoms with E-state index in [0.717, 1.165) is 36.9 Å². The van der Waals surface area contributed by atoms with E-state index in [9.17, 15) is 4.79 Å². The molecule has 116 valence electrons. The lowest BCUT2D eigenvalue weighted by Gasteiger charge is -2.39. The summed E-state index contributed by atoms with van der Waals surface area (Å²) in [5.41, 5.74) is 0. The molecule has 2 saturated carbocycles. The van der Waals surface area contributed by atoms with Gasteiger partial charge in [0.1, 0.15) is 5.82 Å². The van der Waals surface area contributed by atoms with Gasteiger partial charge in [-0.15, -0.1) is 0 Å². The normalized spacial score (nSPS) is 30.4. The zero-order valence-electron chi connectivity index (χ0n) is 13.0. The van der Waals surface area contributed by atoms with Gasteiger partial charge < -0.3 is 10.3 Å². The number of hydrogen-bond donors (Lipinski definition) is 2. The summed E-state index contributed by atoms with van der Waals surface area (Å²) in [5.74, 6) is 3.02.